The van der Waals surface area contributed by atoms with Crippen LogP contribution < -0.4 is 4.90 Å². The first-order chi connectivity index (χ1) is 20.5. The van der Waals surface area contributed by atoms with E-state index in [1.54, 1.807) is 29.2 Å². The van der Waals surface area contributed by atoms with Crippen LogP contribution in [0.15, 0.2) is 53.7 Å². The molecule has 0 N–H and O–H groups in total. The number of hydrogen-bond donors (Lipinski definition) is 0. The van der Waals surface area contributed by atoms with E-state index in [9.17, 15) is 13.2 Å². The molecule has 0 spiro atoms. The van der Waals surface area contributed by atoms with Crippen molar-refractivity contribution in [3.63, 3.8) is 0 Å². The van der Waals surface area contributed by atoms with Crippen LogP contribution in [0.1, 0.15) is 69.7 Å². The SMILES string of the molecule is Cc1ccc(S(=O)(=O)OC[C@H]2C[C@H](n3cc(-c4ncccc4N4CCN(C(=O)OC(C)(C)C)CC4)c(C4CC4)n3)C2)cc1. The quantitative estimate of drug-likeness (QED) is 0.307. The van der Waals surface area contributed by atoms with E-state index in [0.717, 1.165) is 53.9 Å². The van der Waals surface area contributed by atoms with Crippen molar-refractivity contribution >= 4 is 21.9 Å². The van der Waals surface area contributed by atoms with E-state index in [-0.39, 0.29) is 29.6 Å². The summed E-state index contributed by atoms with van der Waals surface area (Å²) in [5.41, 5.74) is 4.61. The van der Waals surface area contributed by atoms with Gasteiger partial charge in [0.1, 0.15) is 5.60 Å². The summed E-state index contributed by atoms with van der Waals surface area (Å²) < 4.78 is 38.3. The number of benzene rings is 1. The summed E-state index contributed by atoms with van der Waals surface area (Å²) in [5, 5.41) is 5.05. The molecule has 2 aliphatic carbocycles. The molecule has 230 valence electrons. The van der Waals surface area contributed by atoms with Gasteiger partial charge in [-0.05, 0) is 83.6 Å². The van der Waals surface area contributed by atoms with Crippen LogP contribution >= 0.6 is 0 Å². The molecule has 1 aliphatic heterocycles. The highest BCUT2D eigenvalue weighted by atomic mass is 32.2. The van der Waals surface area contributed by atoms with Gasteiger partial charge < -0.3 is 14.5 Å². The third kappa shape index (κ3) is 6.72. The standard InChI is InChI=1S/C32H41N5O5S/c1-22-7-11-26(12-8-22)43(39,40)41-21-23-18-25(19-23)37-20-27(29(34-37)24-9-10-24)30-28(6-5-13-33-30)35-14-16-36(17-15-35)31(38)42-32(2,3)4/h5-8,11-13,20,23-25H,9-10,14-19,21H2,1-4H3/t23-,25-. The number of carbonyl (C=O) groups excluding carboxylic acids is 1. The third-order valence-electron chi connectivity index (χ3n) is 8.39. The number of rotatable bonds is 8. The number of amides is 1. The maximum absolute atomic E-state index is 12.6. The first kappa shape index (κ1) is 29.6. The predicted octanol–water partition coefficient (Wildman–Crippen LogP) is 5.54. The summed E-state index contributed by atoms with van der Waals surface area (Å²) in [7, 11) is -3.77. The van der Waals surface area contributed by atoms with E-state index in [1.165, 1.54) is 0 Å². The lowest BCUT2D eigenvalue weighted by atomic mass is 9.81. The fourth-order valence-corrected chi connectivity index (χ4v) is 6.74. The first-order valence-electron chi connectivity index (χ1n) is 15.2. The second-order valence-electron chi connectivity index (χ2n) is 13.1. The number of hydrogen-bond acceptors (Lipinski definition) is 8. The normalized spacial score (nSPS) is 21.0. The molecule has 3 fully saturated rings. The molecule has 1 amide bonds. The van der Waals surface area contributed by atoms with Crippen LogP contribution in [0.2, 0.25) is 0 Å². The third-order valence-corrected chi connectivity index (χ3v) is 9.69. The van der Waals surface area contributed by atoms with Crippen molar-refractivity contribution in [2.75, 3.05) is 37.7 Å². The lowest BCUT2D eigenvalue weighted by Gasteiger charge is -2.37. The number of aromatic nitrogens is 3. The van der Waals surface area contributed by atoms with Crippen molar-refractivity contribution in [3.8, 4) is 11.3 Å². The van der Waals surface area contributed by atoms with Gasteiger partial charge in [0.05, 0.1) is 34.6 Å². The van der Waals surface area contributed by atoms with E-state index >= 15 is 0 Å². The van der Waals surface area contributed by atoms with Gasteiger partial charge in [-0.25, -0.2) is 4.79 Å². The lowest BCUT2D eigenvalue weighted by Crippen LogP contribution is -2.50. The van der Waals surface area contributed by atoms with Gasteiger partial charge >= 0.3 is 6.09 Å². The van der Waals surface area contributed by atoms with Crippen LogP contribution in [0, 0.1) is 12.8 Å². The van der Waals surface area contributed by atoms with Crippen molar-refractivity contribution in [2.45, 2.75) is 75.8 Å². The molecule has 1 saturated heterocycles. The molecule has 0 atom stereocenters. The van der Waals surface area contributed by atoms with Crippen molar-refractivity contribution in [3.05, 3.63) is 60.0 Å². The molecule has 6 rings (SSSR count). The largest absolute Gasteiger partial charge is 0.444 e. The molecule has 2 saturated carbocycles. The zero-order valence-corrected chi connectivity index (χ0v) is 26.2. The minimum atomic E-state index is -3.77. The Labute approximate surface area is 254 Å². The summed E-state index contributed by atoms with van der Waals surface area (Å²) in [6.07, 6.45) is 7.56. The van der Waals surface area contributed by atoms with Gasteiger partial charge in [-0.15, -0.1) is 0 Å². The highest BCUT2D eigenvalue weighted by Gasteiger charge is 2.37. The Balaban J connectivity index is 1.12. The Hall–Kier alpha value is -3.44. The fourth-order valence-electron chi connectivity index (χ4n) is 5.76. The van der Waals surface area contributed by atoms with E-state index in [2.05, 4.69) is 21.8 Å². The summed E-state index contributed by atoms with van der Waals surface area (Å²) >= 11 is 0. The number of anilines is 1. The monoisotopic (exact) mass is 607 g/mol. The van der Waals surface area contributed by atoms with Crippen LogP contribution in [0.4, 0.5) is 10.5 Å². The van der Waals surface area contributed by atoms with Crippen molar-refractivity contribution in [1.29, 1.82) is 0 Å². The molecular weight excluding hydrogens is 566 g/mol. The summed E-state index contributed by atoms with van der Waals surface area (Å²) in [5.74, 6) is 0.600. The van der Waals surface area contributed by atoms with Crippen LogP contribution in [-0.4, -0.2) is 72.6 Å². The molecule has 3 aromatic rings. The predicted molar refractivity (Wildman–Crippen MR) is 164 cm³/mol. The molecule has 2 aromatic heterocycles. The summed E-state index contributed by atoms with van der Waals surface area (Å²) in [6.45, 7) is 10.3. The van der Waals surface area contributed by atoms with Gasteiger partial charge in [-0.1, -0.05) is 17.7 Å². The van der Waals surface area contributed by atoms with E-state index < -0.39 is 15.7 Å². The Bertz CT molecular complexity index is 1560. The van der Waals surface area contributed by atoms with E-state index in [4.69, 9.17) is 19.0 Å². The van der Waals surface area contributed by atoms with Gasteiger partial charge in [-0.3, -0.25) is 13.8 Å². The van der Waals surface area contributed by atoms with Crippen LogP contribution in [0.5, 0.6) is 0 Å². The molecular formula is C32H41N5O5S. The van der Waals surface area contributed by atoms with Crippen molar-refractivity contribution < 1.29 is 22.1 Å². The van der Waals surface area contributed by atoms with Crippen LogP contribution in [-0.2, 0) is 19.0 Å². The number of carbonyl (C=O) groups is 1. The number of nitrogens with zero attached hydrogens (tertiary/aromatic N) is 5. The minimum Gasteiger partial charge on any atom is -0.444 e. The van der Waals surface area contributed by atoms with Crippen molar-refractivity contribution in [1.82, 2.24) is 19.7 Å². The lowest BCUT2D eigenvalue weighted by molar-refractivity contribution is 0.0240. The van der Waals surface area contributed by atoms with E-state index in [1.807, 2.05) is 40.0 Å². The summed E-state index contributed by atoms with van der Waals surface area (Å²) in [4.78, 5) is 21.7. The number of piperazine rings is 1. The molecule has 3 aliphatic rings. The van der Waals surface area contributed by atoms with Gasteiger partial charge in [-0.2, -0.15) is 13.5 Å². The number of aryl methyl sites for hydroxylation is 1. The van der Waals surface area contributed by atoms with Crippen LogP contribution in [0.25, 0.3) is 11.3 Å². The Morgan fingerprint density at radius 2 is 1.72 bits per heavy atom. The number of pyridine rings is 1. The zero-order chi connectivity index (χ0) is 30.4. The maximum Gasteiger partial charge on any atom is 0.410 e. The second-order valence-corrected chi connectivity index (χ2v) is 14.7. The molecule has 10 nitrogen and oxygen atoms in total. The first-order valence-corrected chi connectivity index (χ1v) is 16.6. The molecule has 0 unspecified atom stereocenters. The zero-order valence-electron chi connectivity index (χ0n) is 25.4. The van der Waals surface area contributed by atoms with Crippen molar-refractivity contribution in [2.24, 2.45) is 5.92 Å². The Kier molecular flexibility index (Phi) is 7.97. The van der Waals surface area contributed by atoms with Gasteiger partial charge in [0, 0.05) is 50.1 Å². The van der Waals surface area contributed by atoms with Gasteiger partial charge in [0.15, 0.2) is 0 Å². The molecule has 43 heavy (non-hydrogen) atoms. The van der Waals surface area contributed by atoms with Crippen LogP contribution in [0.3, 0.4) is 0 Å². The maximum atomic E-state index is 12.6. The molecule has 11 heteroatoms. The molecule has 0 bridgehead atoms. The Morgan fingerprint density at radius 1 is 1.02 bits per heavy atom. The highest BCUT2D eigenvalue weighted by Crippen LogP contribution is 2.47. The van der Waals surface area contributed by atoms with Gasteiger partial charge in [0.25, 0.3) is 10.1 Å². The molecule has 3 heterocycles. The highest BCUT2D eigenvalue weighted by molar-refractivity contribution is 7.86. The fraction of sp³-hybridized carbons (Fsp3) is 0.531. The number of ether oxygens (including phenoxy) is 1. The Morgan fingerprint density at radius 3 is 2.37 bits per heavy atom. The average Bonchev–Trinajstić information content (AvgIpc) is 3.70. The smallest absolute Gasteiger partial charge is 0.410 e. The second kappa shape index (κ2) is 11.6. The molecule has 0 radical (unpaired) electrons. The van der Waals surface area contributed by atoms with E-state index in [0.29, 0.717) is 32.1 Å². The minimum absolute atomic E-state index is 0.161. The summed E-state index contributed by atoms with van der Waals surface area (Å²) in [6, 6.07) is 11.0. The topological polar surface area (TPSA) is 107 Å². The van der Waals surface area contributed by atoms with Gasteiger partial charge in [0.2, 0.25) is 0 Å². The average molecular weight is 608 g/mol. The molecule has 1 aromatic carbocycles.